The molecule has 0 unspecified atom stereocenters. The number of pyridine rings is 1. The Morgan fingerprint density at radius 1 is 1.00 bits per heavy atom. The Labute approximate surface area is 234 Å². The molecule has 0 aliphatic rings. The maximum Gasteiger partial charge on any atom is 0.243 e. The SMILES string of the molecule is CN(CCNCCOc1ccc(Cl)cc1)S(=O)(=O)c1cc(-c2cccc(O)c2)cc2cnccc12.Cl.Cl. The lowest BCUT2D eigenvalue weighted by Crippen LogP contribution is -2.35. The number of likely N-dealkylation sites (N-methyl/N-ethyl adjacent to an activating group) is 1. The van der Waals surface area contributed by atoms with E-state index in [2.05, 4.69) is 10.3 Å². The molecule has 0 atom stereocenters. The summed E-state index contributed by atoms with van der Waals surface area (Å²) in [5, 5.41) is 15.0. The van der Waals surface area contributed by atoms with Crippen LogP contribution in [0.2, 0.25) is 5.02 Å². The number of benzene rings is 3. The van der Waals surface area contributed by atoms with Gasteiger partial charge in [0.05, 0.1) is 4.90 Å². The molecule has 1 aromatic heterocycles. The molecular weight excluding hydrogens is 557 g/mol. The van der Waals surface area contributed by atoms with E-state index >= 15 is 0 Å². The van der Waals surface area contributed by atoms with Crippen molar-refractivity contribution in [2.45, 2.75) is 4.90 Å². The van der Waals surface area contributed by atoms with Crippen molar-refractivity contribution in [3.8, 4) is 22.6 Å². The lowest BCUT2D eigenvalue weighted by Gasteiger charge is -2.20. The van der Waals surface area contributed by atoms with Crippen molar-refractivity contribution in [1.82, 2.24) is 14.6 Å². The van der Waals surface area contributed by atoms with Crippen LogP contribution in [-0.4, -0.2) is 56.1 Å². The van der Waals surface area contributed by atoms with E-state index in [1.165, 1.54) is 4.31 Å². The minimum atomic E-state index is -3.79. The first-order valence-corrected chi connectivity index (χ1v) is 12.9. The molecule has 37 heavy (non-hydrogen) atoms. The van der Waals surface area contributed by atoms with Gasteiger partial charge in [0.15, 0.2) is 0 Å². The molecule has 0 aliphatic carbocycles. The molecule has 3 aromatic carbocycles. The number of phenolic OH excluding ortho intramolecular Hbond substituents is 1. The summed E-state index contributed by atoms with van der Waals surface area (Å²) in [5.74, 6) is 0.838. The van der Waals surface area contributed by atoms with Gasteiger partial charge < -0.3 is 15.2 Å². The summed E-state index contributed by atoms with van der Waals surface area (Å²) in [6.07, 6.45) is 3.22. The van der Waals surface area contributed by atoms with Crippen molar-refractivity contribution in [2.75, 3.05) is 33.3 Å². The summed E-state index contributed by atoms with van der Waals surface area (Å²) in [4.78, 5) is 4.35. The second-order valence-electron chi connectivity index (χ2n) is 8.00. The summed E-state index contributed by atoms with van der Waals surface area (Å²) in [6.45, 7) is 1.76. The lowest BCUT2D eigenvalue weighted by atomic mass is 10.0. The molecule has 0 radical (unpaired) electrons. The average molecular weight is 585 g/mol. The molecule has 2 N–H and O–H groups in total. The van der Waals surface area contributed by atoms with E-state index in [1.807, 2.05) is 12.1 Å². The highest BCUT2D eigenvalue weighted by atomic mass is 35.5. The van der Waals surface area contributed by atoms with Crippen molar-refractivity contribution < 1.29 is 18.3 Å². The maximum atomic E-state index is 13.5. The fourth-order valence-electron chi connectivity index (χ4n) is 3.66. The van der Waals surface area contributed by atoms with E-state index in [4.69, 9.17) is 16.3 Å². The van der Waals surface area contributed by atoms with E-state index in [9.17, 15) is 13.5 Å². The number of halogens is 3. The van der Waals surface area contributed by atoms with E-state index in [0.717, 1.165) is 11.3 Å². The first-order chi connectivity index (χ1) is 16.8. The van der Waals surface area contributed by atoms with Gasteiger partial charge in [-0.25, -0.2) is 8.42 Å². The zero-order chi connectivity index (χ0) is 24.8. The van der Waals surface area contributed by atoms with Gasteiger partial charge in [-0.3, -0.25) is 4.98 Å². The summed E-state index contributed by atoms with van der Waals surface area (Å²) in [5.41, 5.74) is 1.41. The Morgan fingerprint density at radius 2 is 1.76 bits per heavy atom. The van der Waals surface area contributed by atoms with Crippen LogP contribution in [0.5, 0.6) is 11.5 Å². The van der Waals surface area contributed by atoms with Crippen LogP contribution in [0.15, 0.2) is 84.0 Å². The third-order valence-electron chi connectivity index (χ3n) is 5.55. The molecule has 4 rings (SSSR count). The van der Waals surface area contributed by atoms with Gasteiger partial charge in [-0.1, -0.05) is 23.7 Å². The molecule has 0 spiro atoms. The van der Waals surface area contributed by atoms with Crippen molar-refractivity contribution >= 4 is 57.2 Å². The number of aromatic nitrogens is 1. The van der Waals surface area contributed by atoms with Crippen molar-refractivity contribution in [3.05, 3.63) is 84.1 Å². The first-order valence-electron chi connectivity index (χ1n) is 11.1. The molecule has 1 heterocycles. The minimum absolute atomic E-state index is 0. The number of fused-ring (bicyclic) bond motifs is 1. The van der Waals surface area contributed by atoms with Gasteiger partial charge in [-0.05, 0) is 65.7 Å². The number of sulfonamides is 1. The van der Waals surface area contributed by atoms with Crippen LogP contribution in [0.3, 0.4) is 0 Å². The number of nitrogens with zero attached hydrogens (tertiary/aromatic N) is 2. The molecular formula is C26H28Cl3N3O4S. The number of hydrogen-bond donors (Lipinski definition) is 2. The third kappa shape index (κ3) is 7.70. The second-order valence-corrected chi connectivity index (χ2v) is 10.5. The summed E-state index contributed by atoms with van der Waals surface area (Å²) < 4.78 is 34.0. The molecule has 7 nitrogen and oxygen atoms in total. The topological polar surface area (TPSA) is 91.8 Å². The summed E-state index contributed by atoms with van der Waals surface area (Å²) >= 11 is 5.87. The highest BCUT2D eigenvalue weighted by molar-refractivity contribution is 7.89. The van der Waals surface area contributed by atoms with Gasteiger partial charge >= 0.3 is 0 Å². The van der Waals surface area contributed by atoms with Crippen molar-refractivity contribution in [3.63, 3.8) is 0 Å². The van der Waals surface area contributed by atoms with Gasteiger partial charge in [0.1, 0.15) is 18.1 Å². The Balaban J connectivity index is 0.00000241. The summed E-state index contributed by atoms with van der Waals surface area (Å²) in [6, 6.07) is 19.1. The van der Waals surface area contributed by atoms with Crippen molar-refractivity contribution in [2.24, 2.45) is 0 Å². The Kier molecular flexibility index (Phi) is 11.4. The Morgan fingerprint density at radius 3 is 2.49 bits per heavy atom. The van der Waals surface area contributed by atoms with Crippen LogP contribution in [0.4, 0.5) is 0 Å². The van der Waals surface area contributed by atoms with E-state index in [1.54, 1.807) is 74.0 Å². The maximum absolute atomic E-state index is 13.5. The van der Waals surface area contributed by atoms with Gasteiger partial charge in [0, 0.05) is 54.9 Å². The fraction of sp³-hybridized carbons (Fsp3) is 0.192. The quantitative estimate of drug-likeness (QED) is 0.243. The minimum Gasteiger partial charge on any atom is -0.508 e. The predicted octanol–water partition coefficient (Wildman–Crippen LogP) is 5.39. The molecule has 198 valence electrons. The molecule has 0 bridgehead atoms. The van der Waals surface area contributed by atoms with Crippen LogP contribution in [0.1, 0.15) is 0 Å². The predicted molar refractivity (Wildman–Crippen MR) is 153 cm³/mol. The molecule has 0 amide bonds. The number of phenols is 1. The Hall–Kier alpha value is -2.59. The van der Waals surface area contributed by atoms with Crippen LogP contribution < -0.4 is 10.1 Å². The zero-order valence-electron chi connectivity index (χ0n) is 20.0. The van der Waals surface area contributed by atoms with Gasteiger partial charge in [0.2, 0.25) is 10.0 Å². The van der Waals surface area contributed by atoms with Gasteiger partial charge in [0.25, 0.3) is 0 Å². The van der Waals surface area contributed by atoms with Crippen LogP contribution >= 0.6 is 36.4 Å². The average Bonchev–Trinajstić information content (AvgIpc) is 2.86. The second kappa shape index (κ2) is 13.8. The summed E-state index contributed by atoms with van der Waals surface area (Å²) in [7, 11) is -2.22. The van der Waals surface area contributed by atoms with Crippen molar-refractivity contribution in [1.29, 1.82) is 0 Å². The van der Waals surface area contributed by atoms with E-state index in [-0.39, 0.29) is 42.0 Å². The number of nitrogens with one attached hydrogen (secondary N) is 1. The number of ether oxygens (including phenoxy) is 1. The molecule has 0 aliphatic heterocycles. The van der Waals surface area contributed by atoms with Crippen LogP contribution in [-0.2, 0) is 10.0 Å². The first kappa shape index (κ1) is 30.6. The number of rotatable bonds is 10. The van der Waals surface area contributed by atoms with Gasteiger partial charge in [-0.15, -0.1) is 24.8 Å². The zero-order valence-corrected chi connectivity index (χ0v) is 23.2. The smallest absolute Gasteiger partial charge is 0.243 e. The monoisotopic (exact) mass is 583 g/mol. The van der Waals surface area contributed by atoms with E-state index < -0.39 is 10.0 Å². The third-order valence-corrected chi connectivity index (χ3v) is 7.70. The lowest BCUT2D eigenvalue weighted by molar-refractivity contribution is 0.312. The molecule has 0 saturated heterocycles. The molecule has 0 saturated carbocycles. The highest BCUT2D eigenvalue weighted by Gasteiger charge is 2.24. The van der Waals surface area contributed by atoms with Gasteiger partial charge in [-0.2, -0.15) is 4.31 Å². The molecule has 4 aromatic rings. The standard InChI is InChI=1S/C26H26ClN3O4S.2ClH/c1-30(13-11-28-12-14-34-24-7-5-22(27)6-8-24)35(32,33)26-17-20(19-3-2-4-23(31)16-19)15-21-18-29-10-9-25(21)26;;/h2-10,15-18,28,31H,11-14H2,1H3;2*1H. The highest BCUT2D eigenvalue weighted by Crippen LogP contribution is 2.32. The number of aromatic hydroxyl groups is 1. The van der Waals surface area contributed by atoms with E-state index in [0.29, 0.717) is 41.1 Å². The van der Waals surface area contributed by atoms with Crippen LogP contribution in [0, 0.1) is 0 Å². The largest absolute Gasteiger partial charge is 0.508 e. The normalized spacial score (nSPS) is 11.1. The Bertz CT molecular complexity index is 1420. The van der Waals surface area contributed by atoms with Crippen LogP contribution in [0.25, 0.3) is 21.9 Å². The molecule has 0 fully saturated rings. The fourth-order valence-corrected chi connectivity index (χ4v) is 5.19. The molecule has 11 heteroatoms. The number of hydrogen-bond acceptors (Lipinski definition) is 6.